The van der Waals surface area contributed by atoms with Crippen LogP contribution in [-0.2, 0) is 6.54 Å². The molecule has 0 bridgehead atoms. The third-order valence-electron chi connectivity index (χ3n) is 3.33. The van der Waals surface area contributed by atoms with Crippen molar-refractivity contribution in [2.75, 3.05) is 14.2 Å². The molecule has 0 fully saturated rings. The van der Waals surface area contributed by atoms with E-state index in [4.69, 9.17) is 9.47 Å². The Morgan fingerprint density at radius 3 is 2.33 bits per heavy atom. The SMILES string of the molecule is COc1ccc(OC)c2c(=O)n(Cc3ccccc3)sc12. The Hall–Kier alpha value is -2.27. The average molecular weight is 301 g/mol. The summed E-state index contributed by atoms with van der Waals surface area (Å²) in [5.41, 5.74) is 1.04. The van der Waals surface area contributed by atoms with Crippen LogP contribution >= 0.6 is 11.5 Å². The van der Waals surface area contributed by atoms with Crippen molar-refractivity contribution < 1.29 is 9.47 Å². The quantitative estimate of drug-likeness (QED) is 0.743. The molecule has 4 nitrogen and oxygen atoms in total. The zero-order valence-corrected chi connectivity index (χ0v) is 12.6. The highest BCUT2D eigenvalue weighted by molar-refractivity contribution is 7.14. The Labute approximate surface area is 126 Å². The smallest absolute Gasteiger partial charge is 0.272 e. The van der Waals surface area contributed by atoms with Crippen molar-refractivity contribution in [3.8, 4) is 11.5 Å². The topological polar surface area (TPSA) is 40.5 Å². The number of hydrogen-bond donors (Lipinski definition) is 0. The van der Waals surface area contributed by atoms with E-state index < -0.39 is 0 Å². The van der Waals surface area contributed by atoms with Crippen molar-refractivity contribution in [1.29, 1.82) is 0 Å². The predicted octanol–water partition coefficient (Wildman–Crippen LogP) is 3.13. The Kier molecular flexibility index (Phi) is 3.66. The number of hydrogen-bond acceptors (Lipinski definition) is 4. The van der Waals surface area contributed by atoms with Gasteiger partial charge in [-0.1, -0.05) is 41.9 Å². The molecule has 5 heteroatoms. The van der Waals surface area contributed by atoms with Gasteiger partial charge in [0.25, 0.3) is 5.56 Å². The average Bonchev–Trinajstić information content (AvgIpc) is 2.85. The minimum absolute atomic E-state index is 0.0467. The normalized spacial score (nSPS) is 10.8. The number of rotatable bonds is 4. The molecule has 0 saturated carbocycles. The van der Waals surface area contributed by atoms with Crippen LogP contribution in [0.15, 0.2) is 47.3 Å². The van der Waals surface area contributed by atoms with Crippen molar-refractivity contribution in [3.05, 3.63) is 58.4 Å². The summed E-state index contributed by atoms with van der Waals surface area (Å²) in [4.78, 5) is 12.6. The van der Waals surface area contributed by atoms with E-state index in [1.807, 2.05) is 36.4 Å². The van der Waals surface area contributed by atoms with Crippen LogP contribution in [-0.4, -0.2) is 18.2 Å². The molecule has 1 heterocycles. The summed E-state index contributed by atoms with van der Waals surface area (Å²) in [7, 11) is 3.17. The monoisotopic (exact) mass is 301 g/mol. The van der Waals surface area contributed by atoms with Gasteiger partial charge in [0.2, 0.25) is 0 Å². The molecule has 0 unspecified atom stereocenters. The van der Waals surface area contributed by atoms with Crippen LogP contribution in [0.25, 0.3) is 10.1 Å². The summed E-state index contributed by atoms with van der Waals surface area (Å²) in [5, 5.41) is 0.581. The Bertz CT molecular complexity index is 821. The van der Waals surface area contributed by atoms with Crippen LogP contribution in [0.2, 0.25) is 0 Å². The molecule has 0 atom stereocenters. The zero-order chi connectivity index (χ0) is 14.8. The Morgan fingerprint density at radius 1 is 1.00 bits per heavy atom. The van der Waals surface area contributed by atoms with Crippen LogP contribution in [0.4, 0.5) is 0 Å². The van der Waals surface area contributed by atoms with E-state index in [0.717, 1.165) is 10.3 Å². The standard InChI is InChI=1S/C16H15NO3S/c1-19-12-8-9-13(20-2)15-14(12)16(18)17(21-15)10-11-6-4-3-5-7-11/h3-9H,10H2,1-2H3. The van der Waals surface area contributed by atoms with Crippen molar-refractivity contribution >= 4 is 21.6 Å². The molecule has 0 saturated heterocycles. The second kappa shape index (κ2) is 5.61. The number of fused-ring (bicyclic) bond motifs is 1. The summed E-state index contributed by atoms with van der Waals surface area (Å²) in [5.74, 6) is 1.28. The Morgan fingerprint density at radius 2 is 1.67 bits per heavy atom. The lowest BCUT2D eigenvalue weighted by molar-refractivity contribution is 0.411. The van der Waals surface area contributed by atoms with Gasteiger partial charge in [0.1, 0.15) is 21.6 Å². The van der Waals surface area contributed by atoms with Gasteiger partial charge < -0.3 is 9.47 Å². The maximum absolute atomic E-state index is 12.6. The Balaban J connectivity index is 2.17. The van der Waals surface area contributed by atoms with Gasteiger partial charge in [0, 0.05) is 0 Å². The number of ether oxygens (including phenoxy) is 2. The number of aromatic nitrogens is 1. The molecule has 3 aromatic rings. The zero-order valence-electron chi connectivity index (χ0n) is 11.8. The van der Waals surface area contributed by atoms with E-state index >= 15 is 0 Å². The minimum Gasteiger partial charge on any atom is -0.496 e. The second-order valence-electron chi connectivity index (χ2n) is 4.59. The molecule has 0 amide bonds. The van der Waals surface area contributed by atoms with Gasteiger partial charge in [0.15, 0.2) is 0 Å². The van der Waals surface area contributed by atoms with E-state index in [0.29, 0.717) is 23.4 Å². The minimum atomic E-state index is -0.0467. The maximum atomic E-state index is 12.6. The van der Waals surface area contributed by atoms with Crippen molar-refractivity contribution in [2.45, 2.75) is 6.54 Å². The first-order chi connectivity index (χ1) is 10.2. The molecule has 2 aromatic carbocycles. The molecule has 1 aromatic heterocycles. The van der Waals surface area contributed by atoms with Crippen molar-refractivity contribution in [2.24, 2.45) is 0 Å². The fourth-order valence-corrected chi connectivity index (χ4v) is 3.43. The molecule has 0 N–H and O–H groups in total. The molecule has 0 radical (unpaired) electrons. The van der Waals surface area contributed by atoms with E-state index in [9.17, 15) is 4.79 Å². The first kappa shape index (κ1) is 13.7. The summed E-state index contributed by atoms with van der Waals surface area (Å²) < 4.78 is 13.2. The molecule has 0 aliphatic heterocycles. The third-order valence-corrected chi connectivity index (χ3v) is 4.44. The lowest BCUT2D eigenvalue weighted by Gasteiger charge is -2.03. The van der Waals surface area contributed by atoms with Gasteiger partial charge in [-0.25, -0.2) is 0 Å². The molecule has 3 rings (SSSR count). The van der Waals surface area contributed by atoms with Gasteiger partial charge in [-0.15, -0.1) is 0 Å². The van der Waals surface area contributed by atoms with Crippen LogP contribution < -0.4 is 15.0 Å². The third kappa shape index (κ3) is 2.40. The highest BCUT2D eigenvalue weighted by atomic mass is 32.1. The molecule has 108 valence electrons. The largest absolute Gasteiger partial charge is 0.496 e. The van der Waals surface area contributed by atoms with Gasteiger partial charge in [-0.3, -0.25) is 8.75 Å². The van der Waals surface area contributed by atoms with E-state index in [-0.39, 0.29) is 5.56 Å². The molecular formula is C16H15NO3S. The van der Waals surface area contributed by atoms with Gasteiger partial charge in [0.05, 0.1) is 20.8 Å². The molecule has 21 heavy (non-hydrogen) atoms. The lowest BCUT2D eigenvalue weighted by atomic mass is 10.2. The molecular weight excluding hydrogens is 286 g/mol. The van der Waals surface area contributed by atoms with Crippen LogP contribution in [0.5, 0.6) is 11.5 Å². The fraction of sp³-hybridized carbons (Fsp3) is 0.188. The maximum Gasteiger partial charge on any atom is 0.272 e. The fourth-order valence-electron chi connectivity index (χ4n) is 2.30. The molecule has 0 aliphatic carbocycles. The van der Waals surface area contributed by atoms with Crippen LogP contribution in [0.1, 0.15) is 5.56 Å². The van der Waals surface area contributed by atoms with Crippen LogP contribution in [0, 0.1) is 0 Å². The van der Waals surface area contributed by atoms with E-state index in [2.05, 4.69) is 0 Å². The van der Waals surface area contributed by atoms with E-state index in [1.54, 1.807) is 24.2 Å². The van der Waals surface area contributed by atoms with Crippen molar-refractivity contribution in [1.82, 2.24) is 3.96 Å². The second-order valence-corrected chi connectivity index (χ2v) is 5.62. The predicted molar refractivity (Wildman–Crippen MR) is 84.7 cm³/mol. The van der Waals surface area contributed by atoms with Gasteiger partial charge >= 0.3 is 0 Å². The van der Waals surface area contributed by atoms with Gasteiger partial charge in [-0.2, -0.15) is 0 Å². The van der Waals surface area contributed by atoms with Crippen LogP contribution in [0.3, 0.4) is 0 Å². The first-order valence-corrected chi connectivity index (χ1v) is 7.30. The summed E-state index contributed by atoms with van der Waals surface area (Å²) in [6.45, 7) is 0.547. The number of nitrogens with zero attached hydrogens (tertiary/aromatic N) is 1. The van der Waals surface area contributed by atoms with Gasteiger partial charge in [-0.05, 0) is 17.7 Å². The molecule has 0 spiro atoms. The summed E-state index contributed by atoms with van der Waals surface area (Å²) in [6, 6.07) is 13.5. The number of benzene rings is 2. The lowest BCUT2D eigenvalue weighted by Crippen LogP contribution is -2.14. The summed E-state index contributed by atoms with van der Waals surface area (Å²) >= 11 is 1.40. The first-order valence-electron chi connectivity index (χ1n) is 6.53. The molecule has 0 aliphatic rings. The highest BCUT2D eigenvalue weighted by Gasteiger charge is 2.16. The highest BCUT2D eigenvalue weighted by Crippen LogP contribution is 2.34. The van der Waals surface area contributed by atoms with E-state index in [1.165, 1.54) is 11.5 Å². The summed E-state index contributed by atoms with van der Waals surface area (Å²) in [6.07, 6.45) is 0. The van der Waals surface area contributed by atoms with Crippen molar-refractivity contribution in [3.63, 3.8) is 0 Å². The number of methoxy groups -OCH3 is 2.